The van der Waals surface area contributed by atoms with Crippen molar-refractivity contribution in [1.29, 1.82) is 0 Å². The third-order valence-electron chi connectivity index (χ3n) is 5.09. The van der Waals surface area contributed by atoms with E-state index in [1.165, 1.54) is 32.1 Å². The van der Waals surface area contributed by atoms with Gasteiger partial charge < -0.3 is 10.1 Å². The van der Waals surface area contributed by atoms with Gasteiger partial charge in [-0.2, -0.15) is 5.10 Å². The Kier molecular flexibility index (Phi) is 4.08. The van der Waals surface area contributed by atoms with E-state index in [0.717, 1.165) is 25.4 Å². The minimum Gasteiger partial charge on any atom is -0.378 e. The van der Waals surface area contributed by atoms with E-state index in [4.69, 9.17) is 4.74 Å². The van der Waals surface area contributed by atoms with Crippen LogP contribution in [0.2, 0.25) is 0 Å². The fraction of sp³-hybridized carbons (Fsp3) is 0.867. The first-order valence-electron chi connectivity index (χ1n) is 7.94. The van der Waals surface area contributed by atoms with Gasteiger partial charge >= 0.3 is 0 Å². The Balaban J connectivity index is 1.61. The van der Waals surface area contributed by atoms with Gasteiger partial charge in [-0.15, -0.1) is 0 Å². The van der Waals surface area contributed by atoms with Crippen LogP contribution in [-0.2, 0) is 18.3 Å². The molecule has 5 nitrogen and oxygen atoms in total. The lowest BCUT2D eigenvalue weighted by Crippen LogP contribution is -2.64. The van der Waals surface area contributed by atoms with E-state index >= 15 is 0 Å². The minimum atomic E-state index is 0.378. The zero-order valence-electron chi connectivity index (χ0n) is 12.6. The van der Waals surface area contributed by atoms with Gasteiger partial charge in [0, 0.05) is 25.1 Å². The number of aromatic nitrogens is 3. The molecule has 2 fully saturated rings. The molecule has 0 saturated heterocycles. The van der Waals surface area contributed by atoms with Crippen LogP contribution in [-0.4, -0.2) is 33.5 Å². The predicted molar refractivity (Wildman–Crippen MR) is 77.2 cm³/mol. The maximum atomic E-state index is 5.98. The van der Waals surface area contributed by atoms with Crippen molar-refractivity contribution in [1.82, 2.24) is 20.1 Å². The monoisotopic (exact) mass is 278 g/mol. The maximum Gasteiger partial charge on any atom is 0.164 e. The second kappa shape index (κ2) is 5.82. The second-order valence-corrected chi connectivity index (χ2v) is 6.24. The fourth-order valence-electron chi connectivity index (χ4n) is 4.03. The lowest BCUT2D eigenvalue weighted by Gasteiger charge is -2.58. The first kappa shape index (κ1) is 14.0. The standard InChI is InChI=1S/C15H26N4O/c1-3-20-13-9-12(15(13)7-5-4-6-8-15)16-10-14-17-11-19(2)18-14/h11-13,16H,3-10H2,1-2H3. The molecule has 0 aliphatic heterocycles. The molecule has 5 heteroatoms. The van der Waals surface area contributed by atoms with Crippen LogP contribution < -0.4 is 5.32 Å². The first-order valence-corrected chi connectivity index (χ1v) is 7.94. The number of nitrogens with zero attached hydrogens (tertiary/aromatic N) is 3. The van der Waals surface area contributed by atoms with E-state index in [9.17, 15) is 0 Å². The molecule has 0 amide bonds. The van der Waals surface area contributed by atoms with Gasteiger partial charge in [0.25, 0.3) is 0 Å². The average molecular weight is 278 g/mol. The number of hydrogen-bond donors (Lipinski definition) is 1. The Hall–Kier alpha value is -0.940. The Morgan fingerprint density at radius 2 is 2.20 bits per heavy atom. The van der Waals surface area contributed by atoms with Crippen molar-refractivity contribution in [3.63, 3.8) is 0 Å². The van der Waals surface area contributed by atoms with Gasteiger partial charge in [-0.25, -0.2) is 4.98 Å². The highest BCUT2D eigenvalue weighted by Crippen LogP contribution is 2.53. The highest BCUT2D eigenvalue weighted by Gasteiger charge is 2.55. The SMILES string of the molecule is CCOC1CC(NCc2ncn(C)n2)C12CCCCC2. The lowest BCUT2D eigenvalue weighted by atomic mass is 9.55. The highest BCUT2D eigenvalue weighted by molar-refractivity contribution is 5.09. The number of nitrogens with one attached hydrogen (secondary N) is 1. The van der Waals surface area contributed by atoms with Gasteiger partial charge in [0.05, 0.1) is 12.6 Å². The van der Waals surface area contributed by atoms with Gasteiger partial charge in [-0.3, -0.25) is 4.68 Å². The zero-order valence-corrected chi connectivity index (χ0v) is 12.6. The smallest absolute Gasteiger partial charge is 0.164 e. The van der Waals surface area contributed by atoms with Gasteiger partial charge in [-0.05, 0) is 26.2 Å². The molecule has 0 radical (unpaired) electrons. The molecule has 1 aromatic rings. The zero-order chi connectivity index (χ0) is 14.0. The van der Waals surface area contributed by atoms with Crippen LogP contribution in [0.4, 0.5) is 0 Å². The third kappa shape index (κ3) is 2.49. The van der Waals surface area contributed by atoms with Gasteiger partial charge in [0.15, 0.2) is 5.82 Å². The summed E-state index contributed by atoms with van der Waals surface area (Å²) in [5.41, 5.74) is 0.378. The van der Waals surface area contributed by atoms with Crippen LogP contribution in [0.5, 0.6) is 0 Å². The summed E-state index contributed by atoms with van der Waals surface area (Å²) in [5, 5.41) is 8.02. The second-order valence-electron chi connectivity index (χ2n) is 6.24. The molecule has 20 heavy (non-hydrogen) atoms. The van der Waals surface area contributed by atoms with Crippen molar-refractivity contribution in [3.05, 3.63) is 12.2 Å². The summed E-state index contributed by atoms with van der Waals surface area (Å²) in [4.78, 5) is 4.29. The summed E-state index contributed by atoms with van der Waals surface area (Å²) in [6.07, 6.45) is 10.1. The summed E-state index contributed by atoms with van der Waals surface area (Å²) in [5.74, 6) is 0.887. The average Bonchev–Trinajstić information content (AvgIpc) is 2.88. The maximum absolute atomic E-state index is 5.98. The molecule has 2 aliphatic rings. The quantitative estimate of drug-likeness (QED) is 0.895. The largest absolute Gasteiger partial charge is 0.378 e. The van der Waals surface area contributed by atoms with Crippen LogP contribution in [0.3, 0.4) is 0 Å². The minimum absolute atomic E-state index is 0.378. The number of ether oxygens (including phenoxy) is 1. The van der Waals surface area contributed by atoms with Crippen molar-refractivity contribution >= 4 is 0 Å². The normalized spacial score (nSPS) is 28.5. The summed E-state index contributed by atoms with van der Waals surface area (Å²) in [6.45, 7) is 3.71. The molecule has 2 unspecified atom stereocenters. The molecule has 2 aliphatic carbocycles. The topological polar surface area (TPSA) is 52.0 Å². The molecule has 0 bridgehead atoms. The molecular weight excluding hydrogens is 252 g/mol. The molecule has 2 atom stereocenters. The molecule has 3 rings (SSSR count). The van der Waals surface area contributed by atoms with E-state index in [-0.39, 0.29) is 0 Å². The Labute approximate surface area is 121 Å². The summed E-state index contributed by atoms with van der Waals surface area (Å²) < 4.78 is 7.74. The number of aryl methyl sites for hydroxylation is 1. The Morgan fingerprint density at radius 1 is 1.40 bits per heavy atom. The summed E-state index contributed by atoms with van der Waals surface area (Å²) in [7, 11) is 1.91. The van der Waals surface area contributed by atoms with Gasteiger partial charge in [0.2, 0.25) is 0 Å². The van der Waals surface area contributed by atoms with E-state index in [1.54, 1.807) is 11.0 Å². The third-order valence-corrected chi connectivity index (χ3v) is 5.09. The molecule has 1 aromatic heterocycles. The van der Waals surface area contributed by atoms with E-state index < -0.39 is 0 Å². The van der Waals surface area contributed by atoms with Crippen molar-refractivity contribution < 1.29 is 4.74 Å². The molecule has 2 saturated carbocycles. The van der Waals surface area contributed by atoms with Crippen molar-refractivity contribution in [2.75, 3.05) is 6.61 Å². The fourth-order valence-corrected chi connectivity index (χ4v) is 4.03. The van der Waals surface area contributed by atoms with E-state index in [2.05, 4.69) is 22.3 Å². The Bertz CT molecular complexity index is 439. The first-order chi connectivity index (χ1) is 9.74. The number of rotatable bonds is 5. The van der Waals surface area contributed by atoms with E-state index in [1.807, 2.05) is 7.05 Å². The van der Waals surface area contributed by atoms with Gasteiger partial charge in [-0.1, -0.05) is 19.3 Å². The van der Waals surface area contributed by atoms with Crippen LogP contribution in [0.15, 0.2) is 6.33 Å². The number of hydrogen-bond acceptors (Lipinski definition) is 4. The highest BCUT2D eigenvalue weighted by atomic mass is 16.5. The van der Waals surface area contributed by atoms with E-state index in [0.29, 0.717) is 17.6 Å². The van der Waals surface area contributed by atoms with Crippen LogP contribution in [0.1, 0.15) is 51.3 Å². The molecule has 1 N–H and O–H groups in total. The van der Waals surface area contributed by atoms with Crippen molar-refractivity contribution in [2.24, 2.45) is 12.5 Å². The van der Waals surface area contributed by atoms with Crippen molar-refractivity contribution in [3.8, 4) is 0 Å². The molecule has 1 heterocycles. The van der Waals surface area contributed by atoms with Crippen LogP contribution >= 0.6 is 0 Å². The summed E-state index contributed by atoms with van der Waals surface area (Å²) in [6, 6.07) is 0.572. The molecule has 1 spiro atoms. The van der Waals surface area contributed by atoms with Crippen LogP contribution in [0.25, 0.3) is 0 Å². The molecule has 112 valence electrons. The van der Waals surface area contributed by atoms with Gasteiger partial charge in [0.1, 0.15) is 6.33 Å². The predicted octanol–water partition coefficient (Wildman–Crippen LogP) is 2.03. The van der Waals surface area contributed by atoms with Crippen LogP contribution in [0, 0.1) is 5.41 Å². The molecular formula is C15H26N4O. The Morgan fingerprint density at radius 3 is 2.85 bits per heavy atom. The van der Waals surface area contributed by atoms with Crippen molar-refractivity contribution in [2.45, 2.75) is 64.1 Å². The lowest BCUT2D eigenvalue weighted by molar-refractivity contribution is -0.150. The molecule has 0 aromatic carbocycles. The summed E-state index contributed by atoms with van der Waals surface area (Å²) >= 11 is 0.